The lowest BCUT2D eigenvalue weighted by molar-refractivity contribution is 0.705. The molecule has 0 radical (unpaired) electrons. The zero-order valence-electron chi connectivity index (χ0n) is 12.0. The molecule has 0 unspecified atom stereocenters. The van der Waals surface area contributed by atoms with Crippen molar-refractivity contribution in [3.05, 3.63) is 66.5 Å². The zero-order chi connectivity index (χ0) is 14.5. The van der Waals surface area contributed by atoms with Gasteiger partial charge in [-0.3, -0.25) is 0 Å². The third-order valence-electron chi connectivity index (χ3n) is 3.34. The molecule has 1 aromatic heterocycles. The first-order valence-electron chi connectivity index (χ1n) is 7.14. The van der Waals surface area contributed by atoms with Crippen LogP contribution >= 0.6 is 0 Å². The maximum absolute atomic E-state index is 4.17. The van der Waals surface area contributed by atoms with Crippen LogP contribution in [0.4, 0.5) is 0 Å². The summed E-state index contributed by atoms with van der Waals surface area (Å²) in [6.07, 6.45) is 1.96. The lowest BCUT2D eigenvalue weighted by atomic mass is 10.1. The average Bonchev–Trinajstić information content (AvgIpc) is 3.03. The Morgan fingerprint density at radius 2 is 1.67 bits per heavy atom. The fourth-order valence-electron chi connectivity index (χ4n) is 2.20. The van der Waals surface area contributed by atoms with Crippen LogP contribution in [0.15, 0.2) is 60.8 Å². The average molecular weight is 278 g/mol. The Morgan fingerprint density at radius 3 is 2.38 bits per heavy atom. The summed E-state index contributed by atoms with van der Waals surface area (Å²) in [5.74, 6) is 0. The summed E-state index contributed by atoms with van der Waals surface area (Å²) in [4.78, 5) is 0. The van der Waals surface area contributed by atoms with Gasteiger partial charge in [0.2, 0.25) is 0 Å². The molecule has 2 aromatic carbocycles. The Bertz CT molecular complexity index is 686. The lowest BCUT2D eigenvalue weighted by Crippen LogP contribution is -2.11. The number of nitrogens with zero attached hydrogens (tertiary/aromatic N) is 3. The van der Waals surface area contributed by atoms with Gasteiger partial charge in [-0.2, -0.15) is 0 Å². The molecule has 0 bridgehead atoms. The van der Waals surface area contributed by atoms with E-state index in [1.54, 1.807) is 4.68 Å². The van der Waals surface area contributed by atoms with Gasteiger partial charge in [-0.15, -0.1) is 5.10 Å². The molecule has 0 amide bonds. The number of hydrogen-bond acceptors (Lipinski definition) is 3. The van der Waals surface area contributed by atoms with Crippen LogP contribution in [0.1, 0.15) is 12.6 Å². The van der Waals surface area contributed by atoms with Crippen molar-refractivity contribution in [2.75, 3.05) is 6.54 Å². The number of hydrogen-bond donors (Lipinski definition) is 1. The third-order valence-corrected chi connectivity index (χ3v) is 3.34. The van der Waals surface area contributed by atoms with Crippen LogP contribution < -0.4 is 5.32 Å². The molecule has 0 atom stereocenters. The molecule has 1 N–H and O–H groups in total. The topological polar surface area (TPSA) is 42.7 Å². The summed E-state index contributed by atoms with van der Waals surface area (Å²) < 4.78 is 1.81. The molecule has 1 heterocycles. The van der Waals surface area contributed by atoms with Gasteiger partial charge in [0.1, 0.15) is 0 Å². The summed E-state index contributed by atoms with van der Waals surface area (Å²) in [5.41, 5.74) is 4.39. The van der Waals surface area contributed by atoms with E-state index in [0.717, 1.165) is 24.5 Å². The SMILES string of the molecule is CCNCc1cn(-c2ccc(-c3ccccc3)cc2)nn1. The van der Waals surface area contributed by atoms with E-state index < -0.39 is 0 Å². The summed E-state index contributed by atoms with van der Waals surface area (Å²) in [5, 5.41) is 11.6. The minimum atomic E-state index is 0.749. The fraction of sp³-hybridized carbons (Fsp3) is 0.176. The summed E-state index contributed by atoms with van der Waals surface area (Å²) in [6.45, 7) is 3.75. The van der Waals surface area contributed by atoms with Crippen LogP contribution in [0.2, 0.25) is 0 Å². The predicted molar refractivity (Wildman–Crippen MR) is 84.2 cm³/mol. The minimum Gasteiger partial charge on any atom is -0.311 e. The van der Waals surface area contributed by atoms with Crippen molar-refractivity contribution >= 4 is 0 Å². The summed E-state index contributed by atoms with van der Waals surface area (Å²) >= 11 is 0. The number of rotatable bonds is 5. The molecule has 4 nitrogen and oxygen atoms in total. The summed E-state index contributed by atoms with van der Waals surface area (Å²) in [6, 6.07) is 18.7. The first kappa shape index (κ1) is 13.5. The van der Waals surface area contributed by atoms with Crippen LogP contribution in [0.5, 0.6) is 0 Å². The van der Waals surface area contributed by atoms with E-state index in [4.69, 9.17) is 0 Å². The standard InChI is InChI=1S/C17H18N4/c1-2-18-12-16-13-21(20-19-16)17-10-8-15(9-11-17)14-6-4-3-5-7-14/h3-11,13,18H,2,12H2,1H3. The Morgan fingerprint density at radius 1 is 0.952 bits per heavy atom. The quantitative estimate of drug-likeness (QED) is 0.780. The molecule has 0 saturated carbocycles. The van der Waals surface area contributed by atoms with Gasteiger partial charge in [0.15, 0.2) is 0 Å². The van der Waals surface area contributed by atoms with Gasteiger partial charge < -0.3 is 5.32 Å². The third kappa shape index (κ3) is 3.17. The number of nitrogens with one attached hydrogen (secondary N) is 1. The molecule has 0 aliphatic rings. The second kappa shape index (κ2) is 6.33. The van der Waals surface area contributed by atoms with Gasteiger partial charge >= 0.3 is 0 Å². The van der Waals surface area contributed by atoms with Crippen LogP contribution in [-0.4, -0.2) is 21.5 Å². The largest absolute Gasteiger partial charge is 0.311 e. The first-order valence-corrected chi connectivity index (χ1v) is 7.14. The van der Waals surface area contributed by atoms with E-state index in [-0.39, 0.29) is 0 Å². The van der Waals surface area contributed by atoms with Crippen molar-refractivity contribution in [3.63, 3.8) is 0 Å². The molecule has 4 heteroatoms. The van der Waals surface area contributed by atoms with Gasteiger partial charge in [0.25, 0.3) is 0 Å². The molecule has 0 aliphatic carbocycles. The first-order chi connectivity index (χ1) is 10.4. The Balaban J connectivity index is 1.79. The normalized spacial score (nSPS) is 10.7. The van der Waals surface area contributed by atoms with Crippen molar-refractivity contribution in [3.8, 4) is 16.8 Å². The Kier molecular flexibility index (Phi) is 4.07. The van der Waals surface area contributed by atoms with E-state index >= 15 is 0 Å². The highest BCUT2D eigenvalue weighted by Crippen LogP contribution is 2.20. The van der Waals surface area contributed by atoms with Crippen LogP contribution in [0.3, 0.4) is 0 Å². The molecule has 0 fully saturated rings. The van der Waals surface area contributed by atoms with Gasteiger partial charge in [-0.05, 0) is 29.8 Å². The predicted octanol–water partition coefficient (Wildman–Crippen LogP) is 3.04. The van der Waals surface area contributed by atoms with Crippen molar-refractivity contribution in [1.29, 1.82) is 0 Å². The van der Waals surface area contributed by atoms with Gasteiger partial charge in [-0.25, -0.2) is 4.68 Å². The van der Waals surface area contributed by atoms with Crippen molar-refractivity contribution < 1.29 is 0 Å². The second-order valence-electron chi connectivity index (χ2n) is 4.85. The molecular formula is C17H18N4. The number of benzene rings is 2. The van der Waals surface area contributed by atoms with Gasteiger partial charge in [0, 0.05) is 6.54 Å². The number of aromatic nitrogens is 3. The van der Waals surface area contributed by atoms with E-state index in [0.29, 0.717) is 0 Å². The van der Waals surface area contributed by atoms with Crippen molar-refractivity contribution in [2.45, 2.75) is 13.5 Å². The Hall–Kier alpha value is -2.46. The molecule has 3 aromatic rings. The molecule has 106 valence electrons. The molecule has 0 spiro atoms. The molecular weight excluding hydrogens is 260 g/mol. The lowest BCUT2D eigenvalue weighted by Gasteiger charge is -2.04. The molecule has 0 saturated heterocycles. The highest BCUT2D eigenvalue weighted by Gasteiger charge is 2.03. The highest BCUT2D eigenvalue weighted by atomic mass is 15.4. The monoisotopic (exact) mass is 278 g/mol. The molecule has 3 rings (SSSR count). The second-order valence-corrected chi connectivity index (χ2v) is 4.85. The van der Waals surface area contributed by atoms with Crippen molar-refractivity contribution in [1.82, 2.24) is 20.3 Å². The summed E-state index contributed by atoms with van der Waals surface area (Å²) in [7, 11) is 0. The van der Waals surface area contributed by atoms with Crippen LogP contribution in [0, 0.1) is 0 Å². The molecule has 21 heavy (non-hydrogen) atoms. The molecule has 0 aliphatic heterocycles. The van der Waals surface area contributed by atoms with Gasteiger partial charge in [-0.1, -0.05) is 54.6 Å². The Labute approximate surface area is 124 Å². The highest BCUT2D eigenvalue weighted by molar-refractivity contribution is 5.64. The zero-order valence-corrected chi connectivity index (χ0v) is 12.0. The van der Waals surface area contributed by atoms with Crippen LogP contribution in [-0.2, 0) is 6.54 Å². The van der Waals surface area contributed by atoms with E-state index in [9.17, 15) is 0 Å². The fourth-order valence-corrected chi connectivity index (χ4v) is 2.20. The maximum Gasteiger partial charge on any atom is 0.0969 e. The van der Waals surface area contributed by atoms with E-state index in [1.807, 2.05) is 24.4 Å². The van der Waals surface area contributed by atoms with Crippen molar-refractivity contribution in [2.24, 2.45) is 0 Å². The van der Waals surface area contributed by atoms with Gasteiger partial charge in [0.05, 0.1) is 17.6 Å². The minimum absolute atomic E-state index is 0.749. The maximum atomic E-state index is 4.17. The smallest absolute Gasteiger partial charge is 0.0969 e. The van der Waals surface area contributed by atoms with E-state index in [2.05, 4.69) is 59.0 Å². The van der Waals surface area contributed by atoms with Crippen LogP contribution in [0.25, 0.3) is 16.8 Å². The van der Waals surface area contributed by atoms with E-state index in [1.165, 1.54) is 11.1 Å².